The molecule has 0 bridgehead atoms. The van der Waals surface area contributed by atoms with E-state index in [4.69, 9.17) is 0 Å². The molecule has 14 heavy (non-hydrogen) atoms. The van der Waals surface area contributed by atoms with Crippen molar-refractivity contribution in [1.82, 2.24) is 10.2 Å². The molecule has 0 atom stereocenters. The van der Waals surface area contributed by atoms with E-state index in [9.17, 15) is 0 Å². The topological polar surface area (TPSA) is 15.3 Å². The molecule has 1 aliphatic heterocycles. The molecule has 0 unspecified atom stereocenters. The molecule has 2 nitrogen and oxygen atoms in total. The van der Waals surface area contributed by atoms with Crippen molar-refractivity contribution in [2.75, 3.05) is 26.2 Å². The van der Waals surface area contributed by atoms with Gasteiger partial charge in [0.15, 0.2) is 0 Å². The first kappa shape index (κ1) is 12.0. The van der Waals surface area contributed by atoms with Crippen molar-refractivity contribution in [3.8, 4) is 0 Å². The van der Waals surface area contributed by atoms with Gasteiger partial charge in [-0.2, -0.15) is 0 Å². The van der Waals surface area contributed by atoms with Gasteiger partial charge in [-0.25, -0.2) is 0 Å². The van der Waals surface area contributed by atoms with E-state index in [2.05, 4.69) is 31.0 Å². The summed E-state index contributed by atoms with van der Waals surface area (Å²) in [7, 11) is 0. The Morgan fingerprint density at radius 1 is 1.21 bits per heavy atom. The number of nitrogens with zero attached hydrogens (tertiary/aromatic N) is 1. The molecular weight excluding hydrogens is 172 g/mol. The average Bonchev–Trinajstić information content (AvgIpc) is 2.26. The molecule has 1 heterocycles. The van der Waals surface area contributed by atoms with Crippen molar-refractivity contribution >= 4 is 0 Å². The van der Waals surface area contributed by atoms with E-state index < -0.39 is 0 Å². The molecule has 2 heteroatoms. The van der Waals surface area contributed by atoms with Crippen LogP contribution in [-0.4, -0.2) is 36.6 Å². The SMILES string of the molecule is CCCCN1CCNC(CC)(CC)C1. The summed E-state index contributed by atoms with van der Waals surface area (Å²) in [5.74, 6) is 0. The summed E-state index contributed by atoms with van der Waals surface area (Å²) in [6.45, 7) is 11.8. The summed E-state index contributed by atoms with van der Waals surface area (Å²) in [6, 6.07) is 0. The van der Waals surface area contributed by atoms with Gasteiger partial charge in [-0.3, -0.25) is 0 Å². The smallest absolute Gasteiger partial charge is 0.0304 e. The van der Waals surface area contributed by atoms with Gasteiger partial charge in [0.1, 0.15) is 0 Å². The Bertz CT molecular complexity index is 152. The van der Waals surface area contributed by atoms with Gasteiger partial charge in [-0.1, -0.05) is 27.2 Å². The monoisotopic (exact) mass is 198 g/mol. The Kier molecular flexibility index (Phi) is 4.90. The second kappa shape index (κ2) is 5.72. The fraction of sp³-hybridized carbons (Fsp3) is 1.00. The van der Waals surface area contributed by atoms with E-state index in [-0.39, 0.29) is 0 Å². The number of hydrogen-bond donors (Lipinski definition) is 1. The van der Waals surface area contributed by atoms with Crippen LogP contribution in [0.5, 0.6) is 0 Å². The van der Waals surface area contributed by atoms with Gasteiger partial charge >= 0.3 is 0 Å². The van der Waals surface area contributed by atoms with Crippen LogP contribution in [0.25, 0.3) is 0 Å². The first-order chi connectivity index (χ1) is 6.76. The van der Waals surface area contributed by atoms with Gasteiger partial charge in [0.25, 0.3) is 0 Å². The van der Waals surface area contributed by atoms with Gasteiger partial charge in [0, 0.05) is 25.2 Å². The van der Waals surface area contributed by atoms with Crippen LogP contribution in [0.2, 0.25) is 0 Å². The lowest BCUT2D eigenvalue weighted by atomic mass is 9.90. The lowest BCUT2D eigenvalue weighted by Gasteiger charge is -2.43. The maximum absolute atomic E-state index is 3.70. The average molecular weight is 198 g/mol. The molecule has 0 aromatic rings. The van der Waals surface area contributed by atoms with Crippen LogP contribution in [0.3, 0.4) is 0 Å². The molecule has 1 N–H and O–H groups in total. The molecule has 0 radical (unpaired) electrons. The van der Waals surface area contributed by atoms with Gasteiger partial charge in [-0.15, -0.1) is 0 Å². The first-order valence-corrected chi connectivity index (χ1v) is 6.23. The van der Waals surface area contributed by atoms with E-state index in [1.165, 1.54) is 51.9 Å². The predicted octanol–water partition coefficient (Wildman–Crippen LogP) is 2.25. The summed E-state index contributed by atoms with van der Waals surface area (Å²) >= 11 is 0. The van der Waals surface area contributed by atoms with Crippen LogP contribution in [0.4, 0.5) is 0 Å². The van der Waals surface area contributed by atoms with Crippen LogP contribution >= 0.6 is 0 Å². The van der Waals surface area contributed by atoms with Crippen molar-refractivity contribution in [1.29, 1.82) is 0 Å². The Balaban J connectivity index is 2.41. The molecule has 0 aromatic carbocycles. The van der Waals surface area contributed by atoms with Crippen LogP contribution in [-0.2, 0) is 0 Å². The second-order valence-corrected chi connectivity index (χ2v) is 4.54. The van der Waals surface area contributed by atoms with Gasteiger partial charge in [-0.05, 0) is 25.8 Å². The normalized spacial score (nSPS) is 22.5. The molecule has 0 amide bonds. The highest BCUT2D eigenvalue weighted by Gasteiger charge is 2.30. The number of nitrogens with one attached hydrogen (secondary N) is 1. The molecule has 84 valence electrons. The van der Waals surface area contributed by atoms with Crippen molar-refractivity contribution in [2.45, 2.75) is 52.0 Å². The lowest BCUT2D eigenvalue weighted by molar-refractivity contribution is 0.122. The fourth-order valence-corrected chi connectivity index (χ4v) is 2.34. The third kappa shape index (κ3) is 2.96. The van der Waals surface area contributed by atoms with Crippen molar-refractivity contribution in [2.24, 2.45) is 0 Å². The van der Waals surface area contributed by atoms with Crippen molar-refractivity contribution < 1.29 is 0 Å². The molecule has 1 rings (SSSR count). The fourth-order valence-electron chi connectivity index (χ4n) is 2.34. The molecule has 0 aliphatic carbocycles. The van der Waals surface area contributed by atoms with E-state index in [0.29, 0.717) is 5.54 Å². The third-order valence-electron chi connectivity index (χ3n) is 3.64. The lowest BCUT2D eigenvalue weighted by Crippen LogP contribution is -2.59. The zero-order valence-corrected chi connectivity index (χ0v) is 10.1. The minimum Gasteiger partial charge on any atom is -0.309 e. The standard InChI is InChI=1S/C12H26N2/c1-4-7-9-14-10-8-13-12(5-2,6-3)11-14/h13H,4-11H2,1-3H3. The van der Waals surface area contributed by atoms with Crippen molar-refractivity contribution in [3.63, 3.8) is 0 Å². The van der Waals surface area contributed by atoms with E-state index in [0.717, 1.165) is 0 Å². The van der Waals surface area contributed by atoms with Crippen LogP contribution in [0.15, 0.2) is 0 Å². The highest BCUT2D eigenvalue weighted by Crippen LogP contribution is 2.19. The maximum Gasteiger partial charge on any atom is 0.0304 e. The van der Waals surface area contributed by atoms with E-state index >= 15 is 0 Å². The zero-order valence-electron chi connectivity index (χ0n) is 10.1. The van der Waals surface area contributed by atoms with Gasteiger partial charge < -0.3 is 10.2 Å². The molecule has 1 fully saturated rings. The van der Waals surface area contributed by atoms with Crippen molar-refractivity contribution in [3.05, 3.63) is 0 Å². The summed E-state index contributed by atoms with van der Waals surface area (Å²) in [4.78, 5) is 2.63. The third-order valence-corrected chi connectivity index (χ3v) is 3.64. The molecule has 1 saturated heterocycles. The first-order valence-electron chi connectivity index (χ1n) is 6.23. The van der Waals surface area contributed by atoms with E-state index in [1.54, 1.807) is 0 Å². The van der Waals surface area contributed by atoms with Crippen LogP contribution in [0, 0.1) is 0 Å². The minimum absolute atomic E-state index is 0.409. The van der Waals surface area contributed by atoms with Gasteiger partial charge in [0.05, 0.1) is 0 Å². The Morgan fingerprint density at radius 3 is 2.50 bits per heavy atom. The highest BCUT2D eigenvalue weighted by atomic mass is 15.2. The molecular formula is C12H26N2. The molecule has 0 aromatic heterocycles. The summed E-state index contributed by atoms with van der Waals surface area (Å²) in [6.07, 6.45) is 5.18. The van der Waals surface area contributed by atoms with E-state index in [1.807, 2.05) is 0 Å². The quantitative estimate of drug-likeness (QED) is 0.729. The van der Waals surface area contributed by atoms with Crippen LogP contribution < -0.4 is 5.32 Å². The van der Waals surface area contributed by atoms with Crippen LogP contribution in [0.1, 0.15) is 46.5 Å². The summed E-state index contributed by atoms with van der Waals surface area (Å²) in [5.41, 5.74) is 0.409. The number of hydrogen-bond acceptors (Lipinski definition) is 2. The largest absolute Gasteiger partial charge is 0.309 e. The van der Waals surface area contributed by atoms with Gasteiger partial charge in [0.2, 0.25) is 0 Å². The predicted molar refractivity (Wildman–Crippen MR) is 62.7 cm³/mol. The maximum atomic E-state index is 3.70. The minimum atomic E-state index is 0.409. The molecule has 0 spiro atoms. The number of piperazine rings is 1. The second-order valence-electron chi connectivity index (χ2n) is 4.54. The number of rotatable bonds is 5. The Hall–Kier alpha value is -0.0800. The summed E-state index contributed by atoms with van der Waals surface area (Å²) < 4.78 is 0. The molecule has 1 aliphatic rings. The molecule has 0 saturated carbocycles. The Labute approximate surface area is 89.1 Å². The highest BCUT2D eigenvalue weighted by molar-refractivity contribution is 4.92. The zero-order chi connectivity index (χ0) is 10.4. The Morgan fingerprint density at radius 2 is 1.93 bits per heavy atom. The summed E-state index contributed by atoms with van der Waals surface area (Å²) in [5, 5.41) is 3.70. The number of unbranched alkanes of at least 4 members (excludes halogenated alkanes) is 1.